The van der Waals surface area contributed by atoms with Gasteiger partial charge in [-0.05, 0) is 37.5 Å². The second-order valence-electron chi connectivity index (χ2n) is 8.01. The third kappa shape index (κ3) is 5.16. The van der Waals surface area contributed by atoms with Crippen molar-refractivity contribution in [1.29, 1.82) is 0 Å². The van der Waals surface area contributed by atoms with Crippen molar-refractivity contribution in [3.05, 3.63) is 34.2 Å². The summed E-state index contributed by atoms with van der Waals surface area (Å²) in [7, 11) is -2.12. The summed E-state index contributed by atoms with van der Waals surface area (Å²) in [6.45, 7) is 6.54. The molecule has 1 aromatic carbocycles. The molecule has 2 aromatic heterocycles. The summed E-state index contributed by atoms with van der Waals surface area (Å²) in [5.74, 6) is 0.659. The van der Waals surface area contributed by atoms with Crippen LogP contribution < -0.4 is 10.3 Å². The van der Waals surface area contributed by atoms with Gasteiger partial charge in [0.2, 0.25) is 10.0 Å². The molecule has 0 radical (unpaired) electrons. The Morgan fingerprint density at radius 1 is 1.21 bits per heavy atom. The second-order valence-corrected chi connectivity index (χ2v) is 9.95. The molecule has 0 bridgehead atoms. The maximum absolute atomic E-state index is 13.3. The fourth-order valence-electron chi connectivity index (χ4n) is 3.82. The van der Waals surface area contributed by atoms with E-state index in [4.69, 9.17) is 14.8 Å². The predicted molar refractivity (Wildman–Crippen MR) is 130 cm³/mol. The van der Waals surface area contributed by atoms with Gasteiger partial charge in [0.25, 0.3) is 5.56 Å². The van der Waals surface area contributed by atoms with E-state index in [1.807, 2.05) is 13.8 Å². The zero-order chi connectivity index (χ0) is 24.9. The van der Waals surface area contributed by atoms with E-state index in [1.54, 1.807) is 20.0 Å². The zero-order valence-electron chi connectivity index (χ0n) is 20.2. The first-order chi connectivity index (χ1) is 16.3. The molecule has 0 unspecified atom stereocenters. The Balaban J connectivity index is 2.20. The highest BCUT2D eigenvalue weighted by atomic mass is 32.2. The predicted octanol–water partition coefficient (Wildman–Crippen LogP) is 2.46. The zero-order valence-corrected chi connectivity index (χ0v) is 21.0. The minimum Gasteiger partial charge on any atom is -0.493 e. The topological polar surface area (TPSA) is 130 Å². The number of fused-ring (bicyclic) bond motifs is 1. The molecule has 11 heteroatoms. The fourth-order valence-corrected chi connectivity index (χ4v) is 5.33. The van der Waals surface area contributed by atoms with Crippen LogP contribution in [0.15, 0.2) is 27.9 Å². The molecule has 0 aliphatic carbocycles. The Morgan fingerprint density at radius 3 is 2.62 bits per heavy atom. The van der Waals surface area contributed by atoms with Gasteiger partial charge < -0.3 is 14.8 Å². The Labute approximate surface area is 199 Å². The van der Waals surface area contributed by atoms with E-state index in [2.05, 4.69) is 10.1 Å². The van der Waals surface area contributed by atoms with Gasteiger partial charge >= 0.3 is 0 Å². The molecule has 186 valence electrons. The molecular formula is C23H33N5O5S. The highest BCUT2D eigenvalue weighted by Crippen LogP contribution is 2.32. The van der Waals surface area contributed by atoms with Crippen molar-refractivity contribution >= 4 is 21.1 Å². The Bertz CT molecular complexity index is 1300. The van der Waals surface area contributed by atoms with Crippen LogP contribution in [0.2, 0.25) is 0 Å². The largest absolute Gasteiger partial charge is 0.493 e. The molecule has 0 amide bonds. The van der Waals surface area contributed by atoms with Crippen LogP contribution in [0.3, 0.4) is 0 Å². The van der Waals surface area contributed by atoms with Gasteiger partial charge in [0.1, 0.15) is 17.1 Å². The quantitative estimate of drug-likeness (QED) is 0.398. The van der Waals surface area contributed by atoms with Crippen LogP contribution >= 0.6 is 0 Å². The van der Waals surface area contributed by atoms with Gasteiger partial charge in [-0.15, -0.1) is 0 Å². The molecule has 2 heterocycles. The second kappa shape index (κ2) is 11.1. The number of aliphatic hydroxyl groups is 1. The van der Waals surface area contributed by atoms with E-state index in [1.165, 1.54) is 21.1 Å². The number of sulfonamides is 1. The first-order valence-corrected chi connectivity index (χ1v) is 13.1. The van der Waals surface area contributed by atoms with Crippen molar-refractivity contribution in [1.82, 2.24) is 24.1 Å². The maximum Gasteiger partial charge on any atom is 0.277 e. The average Bonchev–Trinajstić information content (AvgIpc) is 3.13. The third-order valence-corrected chi connectivity index (χ3v) is 7.44. The van der Waals surface area contributed by atoms with Crippen LogP contribution in [0.5, 0.6) is 5.75 Å². The summed E-state index contributed by atoms with van der Waals surface area (Å²) in [6.07, 6.45) is 2.60. The number of aromatic nitrogens is 4. The summed E-state index contributed by atoms with van der Waals surface area (Å²) in [6, 6.07) is 4.58. The molecule has 2 N–H and O–H groups in total. The summed E-state index contributed by atoms with van der Waals surface area (Å²) in [4.78, 5) is 20.5. The van der Waals surface area contributed by atoms with Crippen LogP contribution in [0.1, 0.15) is 45.7 Å². The summed E-state index contributed by atoms with van der Waals surface area (Å²) in [5.41, 5.74) is 1.61. The molecule has 34 heavy (non-hydrogen) atoms. The normalized spacial score (nSPS) is 12.1. The van der Waals surface area contributed by atoms with Crippen LogP contribution in [0.4, 0.5) is 0 Å². The number of hydrogen-bond donors (Lipinski definition) is 2. The summed E-state index contributed by atoms with van der Waals surface area (Å²) in [5, 5.41) is 13.6. The number of nitrogens with one attached hydrogen (secondary N) is 1. The van der Waals surface area contributed by atoms with Gasteiger partial charge in [0, 0.05) is 26.7 Å². The van der Waals surface area contributed by atoms with Crippen LogP contribution in [0.25, 0.3) is 22.4 Å². The van der Waals surface area contributed by atoms with Crippen molar-refractivity contribution in [2.75, 3.05) is 26.3 Å². The molecule has 0 fully saturated rings. The van der Waals surface area contributed by atoms with Crippen molar-refractivity contribution in [2.24, 2.45) is 7.05 Å². The number of H-pyrrole nitrogens is 1. The monoisotopic (exact) mass is 491 g/mol. The number of rotatable bonds is 12. The standard InChI is InChI=1S/C23H33N5O5S/c1-5-9-18-20-21(27(4)26-18)23(30)25-22(24-20)17-15-16(10-11-19(17)33-14-6-2)34(31,32)28(7-3)12-8-13-29/h10-11,15,29H,5-9,12-14H2,1-4H3,(H,24,25,30). The minimum absolute atomic E-state index is 0.0638. The van der Waals surface area contributed by atoms with Crippen LogP contribution in [-0.4, -0.2) is 63.9 Å². The first kappa shape index (κ1) is 25.9. The Kier molecular flexibility index (Phi) is 8.45. The van der Waals surface area contributed by atoms with Crippen molar-refractivity contribution in [2.45, 2.75) is 51.3 Å². The molecule has 3 rings (SSSR count). The maximum atomic E-state index is 13.3. The highest BCUT2D eigenvalue weighted by Gasteiger charge is 2.25. The number of aryl methyl sites for hydroxylation is 2. The van der Waals surface area contributed by atoms with Gasteiger partial charge in [-0.3, -0.25) is 9.48 Å². The molecule has 10 nitrogen and oxygen atoms in total. The number of benzene rings is 1. The Hall–Kier alpha value is -2.76. The van der Waals surface area contributed by atoms with Gasteiger partial charge in [-0.2, -0.15) is 9.40 Å². The fraction of sp³-hybridized carbons (Fsp3) is 0.522. The van der Waals surface area contributed by atoms with Gasteiger partial charge in [0.05, 0.1) is 22.8 Å². The lowest BCUT2D eigenvalue weighted by Gasteiger charge is -2.21. The SMILES string of the molecule is CCCOc1ccc(S(=O)(=O)N(CC)CCCO)cc1-c1nc2c(CCC)nn(C)c2c(=O)[nH]1. The van der Waals surface area contributed by atoms with E-state index >= 15 is 0 Å². The number of aliphatic hydroxyl groups excluding tert-OH is 1. The summed E-state index contributed by atoms with van der Waals surface area (Å²) < 4.78 is 35.3. The van der Waals surface area contributed by atoms with Gasteiger partial charge in [-0.25, -0.2) is 13.4 Å². The lowest BCUT2D eigenvalue weighted by Crippen LogP contribution is -2.32. The lowest BCUT2D eigenvalue weighted by atomic mass is 10.1. The van der Waals surface area contributed by atoms with Crippen molar-refractivity contribution in [3.8, 4) is 17.1 Å². The molecule has 0 aliphatic rings. The highest BCUT2D eigenvalue weighted by molar-refractivity contribution is 7.89. The average molecular weight is 492 g/mol. The molecule has 0 atom stereocenters. The third-order valence-electron chi connectivity index (χ3n) is 5.47. The van der Waals surface area contributed by atoms with E-state index in [-0.39, 0.29) is 36.0 Å². The van der Waals surface area contributed by atoms with Crippen molar-refractivity contribution < 1.29 is 18.3 Å². The summed E-state index contributed by atoms with van der Waals surface area (Å²) >= 11 is 0. The minimum atomic E-state index is -3.83. The van der Waals surface area contributed by atoms with E-state index in [0.29, 0.717) is 47.5 Å². The molecule has 0 aliphatic heterocycles. The molecule has 3 aromatic rings. The van der Waals surface area contributed by atoms with Crippen LogP contribution in [0, 0.1) is 0 Å². The van der Waals surface area contributed by atoms with E-state index in [0.717, 1.165) is 12.8 Å². The van der Waals surface area contributed by atoms with E-state index < -0.39 is 10.0 Å². The number of aromatic amines is 1. The van der Waals surface area contributed by atoms with Gasteiger partial charge in [0.15, 0.2) is 5.52 Å². The molecular weight excluding hydrogens is 458 g/mol. The first-order valence-electron chi connectivity index (χ1n) is 11.6. The van der Waals surface area contributed by atoms with E-state index in [9.17, 15) is 13.2 Å². The van der Waals surface area contributed by atoms with Crippen LogP contribution in [-0.2, 0) is 23.5 Å². The number of hydrogen-bond acceptors (Lipinski definition) is 7. The molecule has 0 spiro atoms. The Morgan fingerprint density at radius 2 is 1.97 bits per heavy atom. The molecule has 0 saturated carbocycles. The van der Waals surface area contributed by atoms with Gasteiger partial charge in [-0.1, -0.05) is 27.2 Å². The number of ether oxygens (including phenoxy) is 1. The molecule has 0 saturated heterocycles. The smallest absolute Gasteiger partial charge is 0.277 e. The lowest BCUT2D eigenvalue weighted by molar-refractivity contribution is 0.271. The van der Waals surface area contributed by atoms with Crippen molar-refractivity contribution in [3.63, 3.8) is 0 Å². The number of nitrogens with zero attached hydrogens (tertiary/aromatic N) is 4.